The number of likely N-dealkylation sites (tertiary alicyclic amines) is 2. The van der Waals surface area contributed by atoms with Crippen molar-refractivity contribution < 1.29 is 9.90 Å². The third kappa shape index (κ3) is 3.11. The van der Waals surface area contributed by atoms with Crippen LogP contribution in [0.15, 0.2) is 0 Å². The molecular formula is C17H30N2O2. The number of carbonyl (C=O) groups excluding carboxylic acids is 1. The zero-order chi connectivity index (χ0) is 14.8. The van der Waals surface area contributed by atoms with Gasteiger partial charge < -0.3 is 10.0 Å². The zero-order valence-electron chi connectivity index (χ0n) is 13.3. The molecule has 1 amide bonds. The molecule has 2 heterocycles. The summed E-state index contributed by atoms with van der Waals surface area (Å²) in [5.41, 5.74) is 0. The summed E-state index contributed by atoms with van der Waals surface area (Å²) in [6, 6.07) is 0.688. The first kappa shape index (κ1) is 15.3. The first-order chi connectivity index (χ1) is 10.2. The van der Waals surface area contributed by atoms with Crippen LogP contribution in [0, 0.1) is 11.8 Å². The van der Waals surface area contributed by atoms with Crippen molar-refractivity contribution >= 4 is 5.91 Å². The number of fused-ring (bicyclic) bond motifs is 1. The highest BCUT2D eigenvalue weighted by molar-refractivity contribution is 5.79. The quantitative estimate of drug-likeness (QED) is 0.864. The Kier molecular flexibility index (Phi) is 4.85. The maximum Gasteiger partial charge on any atom is 0.237 e. The van der Waals surface area contributed by atoms with Crippen LogP contribution in [0.2, 0.25) is 0 Å². The number of hydrogen-bond acceptors (Lipinski definition) is 3. The molecule has 0 aromatic rings. The summed E-state index contributed by atoms with van der Waals surface area (Å²) in [6.45, 7) is 4.79. The van der Waals surface area contributed by atoms with Crippen LogP contribution in [0.4, 0.5) is 0 Å². The van der Waals surface area contributed by atoms with Crippen molar-refractivity contribution in [2.75, 3.05) is 26.2 Å². The fourth-order valence-corrected chi connectivity index (χ4v) is 4.78. The maximum atomic E-state index is 12.8. The van der Waals surface area contributed by atoms with Gasteiger partial charge in [0.1, 0.15) is 0 Å². The van der Waals surface area contributed by atoms with Crippen molar-refractivity contribution in [2.45, 2.75) is 64.0 Å². The van der Waals surface area contributed by atoms with Crippen LogP contribution in [0.3, 0.4) is 0 Å². The van der Waals surface area contributed by atoms with Gasteiger partial charge in [-0.15, -0.1) is 0 Å². The molecule has 4 heteroatoms. The molecule has 0 bridgehead atoms. The summed E-state index contributed by atoms with van der Waals surface area (Å²) < 4.78 is 0. The van der Waals surface area contributed by atoms with Crippen LogP contribution >= 0.6 is 0 Å². The minimum absolute atomic E-state index is 0.181. The summed E-state index contributed by atoms with van der Waals surface area (Å²) in [6.07, 6.45) is 8.74. The molecule has 0 radical (unpaired) electrons. The van der Waals surface area contributed by atoms with E-state index >= 15 is 0 Å². The minimum Gasteiger partial charge on any atom is -0.395 e. The molecular weight excluding hydrogens is 264 g/mol. The SMILES string of the molecule is CC1CCN(CC(=O)N2CCCC3CCCCC32)C1CO. The van der Waals surface area contributed by atoms with Gasteiger partial charge in [-0.25, -0.2) is 0 Å². The predicted octanol–water partition coefficient (Wildman–Crippen LogP) is 1.87. The largest absolute Gasteiger partial charge is 0.395 e. The van der Waals surface area contributed by atoms with Crippen LogP contribution in [-0.4, -0.2) is 59.1 Å². The van der Waals surface area contributed by atoms with Crippen molar-refractivity contribution in [2.24, 2.45) is 11.8 Å². The Labute approximate surface area is 128 Å². The van der Waals surface area contributed by atoms with Crippen LogP contribution in [-0.2, 0) is 4.79 Å². The summed E-state index contributed by atoms with van der Waals surface area (Å²) in [7, 11) is 0. The van der Waals surface area contributed by atoms with E-state index in [-0.39, 0.29) is 12.6 Å². The number of piperidine rings is 1. The fourth-order valence-electron chi connectivity index (χ4n) is 4.78. The number of aliphatic hydroxyl groups excluding tert-OH is 1. The third-order valence-electron chi connectivity index (χ3n) is 6.09. The van der Waals surface area contributed by atoms with Crippen molar-refractivity contribution in [1.82, 2.24) is 9.80 Å². The van der Waals surface area contributed by atoms with Gasteiger partial charge in [0.25, 0.3) is 0 Å². The van der Waals surface area contributed by atoms with E-state index in [2.05, 4.69) is 16.7 Å². The molecule has 3 rings (SSSR count). The average molecular weight is 294 g/mol. The van der Waals surface area contributed by atoms with Gasteiger partial charge in [-0.05, 0) is 50.5 Å². The summed E-state index contributed by atoms with van der Waals surface area (Å²) in [5, 5.41) is 9.55. The molecule has 2 saturated heterocycles. The second-order valence-electron chi connectivity index (χ2n) is 7.33. The van der Waals surface area contributed by atoms with Crippen LogP contribution in [0.1, 0.15) is 51.9 Å². The number of carbonyl (C=O) groups is 1. The van der Waals surface area contributed by atoms with Gasteiger partial charge in [-0.1, -0.05) is 19.8 Å². The van der Waals surface area contributed by atoms with E-state index in [0.717, 1.165) is 25.4 Å². The number of nitrogens with zero attached hydrogens (tertiary/aromatic N) is 2. The van der Waals surface area contributed by atoms with Gasteiger partial charge in [-0.3, -0.25) is 9.69 Å². The molecule has 21 heavy (non-hydrogen) atoms. The van der Waals surface area contributed by atoms with Crippen molar-refractivity contribution in [3.63, 3.8) is 0 Å². The van der Waals surface area contributed by atoms with Crippen LogP contribution < -0.4 is 0 Å². The molecule has 4 atom stereocenters. The van der Waals surface area contributed by atoms with Gasteiger partial charge >= 0.3 is 0 Å². The lowest BCUT2D eigenvalue weighted by Gasteiger charge is -2.44. The lowest BCUT2D eigenvalue weighted by molar-refractivity contribution is -0.139. The Hall–Kier alpha value is -0.610. The molecule has 1 saturated carbocycles. The molecule has 4 nitrogen and oxygen atoms in total. The minimum atomic E-state index is 0.181. The number of aliphatic hydroxyl groups is 1. The van der Waals surface area contributed by atoms with Crippen molar-refractivity contribution in [3.05, 3.63) is 0 Å². The van der Waals surface area contributed by atoms with Crippen LogP contribution in [0.25, 0.3) is 0 Å². The molecule has 3 aliphatic rings. The van der Waals surface area contributed by atoms with Gasteiger partial charge in [0.15, 0.2) is 0 Å². The summed E-state index contributed by atoms with van der Waals surface area (Å²) in [5.74, 6) is 1.56. The Morgan fingerprint density at radius 3 is 2.67 bits per heavy atom. The molecule has 120 valence electrons. The normalized spacial score (nSPS) is 37.5. The van der Waals surface area contributed by atoms with E-state index in [1.54, 1.807) is 0 Å². The Morgan fingerprint density at radius 1 is 1.10 bits per heavy atom. The van der Waals surface area contributed by atoms with E-state index in [1.807, 2.05) is 0 Å². The maximum absolute atomic E-state index is 12.8. The standard InChI is InChI=1S/C17H30N2O2/c1-13-8-10-18(16(13)12-20)11-17(21)19-9-4-6-14-5-2-3-7-15(14)19/h13-16,20H,2-12H2,1H3. The Morgan fingerprint density at radius 2 is 1.86 bits per heavy atom. The van der Waals surface area contributed by atoms with Crippen molar-refractivity contribution in [1.29, 1.82) is 0 Å². The molecule has 4 unspecified atom stereocenters. The topological polar surface area (TPSA) is 43.8 Å². The predicted molar refractivity (Wildman–Crippen MR) is 82.9 cm³/mol. The molecule has 0 spiro atoms. The lowest BCUT2D eigenvalue weighted by Crippen LogP contribution is -2.53. The second kappa shape index (κ2) is 6.66. The zero-order valence-corrected chi connectivity index (χ0v) is 13.3. The smallest absolute Gasteiger partial charge is 0.237 e. The van der Waals surface area contributed by atoms with E-state index in [1.165, 1.54) is 38.5 Å². The van der Waals surface area contributed by atoms with E-state index < -0.39 is 0 Å². The van der Waals surface area contributed by atoms with Gasteiger partial charge in [0.05, 0.1) is 13.2 Å². The number of rotatable bonds is 3. The van der Waals surface area contributed by atoms with E-state index in [9.17, 15) is 9.90 Å². The van der Waals surface area contributed by atoms with Gasteiger partial charge in [-0.2, -0.15) is 0 Å². The van der Waals surface area contributed by atoms with E-state index in [0.29, 0.717) is 24.4 Å². The Balaban J connectivity index is 1.61. The van der Waals surface area contributed by atoms with Crippen LogP contribution in [0.5, 0.6) is 0 Å². The van der Waals surface area contributed by atoms with E-state index in [4.69, 9.17) is 0 Å². The first-order valence-corrected chi connectivity index (χ1v) is 8.85. The first-order valence-electron chi connectivity index (χ1n) is 8.85. The summed E-state index contributed by atoms with van der Waals surface area (Å²) in [4.78, 5) is 17.2. The number of hydrogen-bond donors (Lipinski definition) is 1. The Bertz CT molecular complexity index is 372. The second-order valence-corrected chi connectivity index (χ2v) is 7.33. The monoisotopic (exact) mass is 294 g/mol. The van der Waals surface area contributed by atoms with Crippen molar-refractivity contribution in [3.8, 4) is 0 Å². The van der Waals surface area contributed by atoms with Gasteiger partial charge in [0.2, 0.25) is 5.91 Å². The highest BCUT2D eigenvalue weighted by atomic mass is 16.3. The molecule has 0 aromatic carbocycles. The molecule has 1 aliphatic carbocycles. The molecule has 1 N–H and O–H groups in total. The molecule has 2 aliphatic heterocycles. The third-order valence-corrected chi connectivity index (χ3v) is 6.09. The average Bonchev–Trinajstić information content (AvgIpc) is 2.86. The summed E-state index contributed by atoms with van der Waals surface area (Å²) >= 11 is 0. The fraction of sp³-hybridized carbons (Fsp3) is 0.941. The highest BCUT2D eigenvalue weighted by Crippen LogP contribution is 2.35. The van der Waals surface area contributed by atoms with Gasteiger partial charge in [0, 0.05) is 18.6 Å². The number of amides is 1. The lowest BCUT2D eigenvalue weighted by atomic mass is 9.78. The highest BCUT2D eigenvalue weighted by Gasteiger charge is 2.38. The molecule has 0 aromatic heterocycles. The molecule has 3 fully saturated rings.